The molecular weight excluding hydrogens is 544 g/mol. The highest BCUT2D eigenvalue weighted by atomic mass is 16.5. The van der Waals surface area contributed by atoms with Gasteiger partial charge in [0.05, 0.1) is 31.5 Å². The first-order valence-electron chi connectivity index (χ1n) is 14.3. The van der Waals surface area contributed by atoms with Crippen molar-refractivity contribution in [2.75, 3.05) is 50.1 Å². The molecule has 2 aliphatic heterocycles. The fraction of sp³-hybridized carbons (Fsp3) is 0.273. The number of benzene rings is 3. The minimum atomic E-state index is -0.284. The van der Waals surface area contributed by atoms with Gasteiger partial charge in [-0.25, -0.2) is 9.78 Å². The maximum atomic E-state index is 13.4. The first kappa shape index (κ1) is 28.2. The van der Waals surface area contributed by atoms with Gasteiger partial charge >= 0.3 is 6.03 Å². The number of amides is 3. The van der Waals surface area contributed by atoms with Crippen LogP contribution in [0.1, 0.15) is 27.5 Å². The maximum Gasteiger partial charge on any atom is 0.324 e. The molecule has 1 aromatic heterocycles. The average molecular weight is 579 g/mol. The fourth-order valence-corrected chi connectivity index (χ4v) is 5.70. The second-order valence-corrected chi connectivity index (χ2v) is 10.9. The summed E-state index contributed by atoms with van der Waals surface area (Å²) in [5.41, 5.74) is 5.13. The summed E-state index contributed by atoms with van der Waals surface area (Å²) in [4.78, 5) is 49.3. The van der Waals surface area contributed by atoms with Crippen molar-refractivity contribution < 1.29 is 14.3 Å². The molecule has 3 aromatic carbocycles. The first-order valence-corrected chi connectivity index (χ1v) is 14.3. The van der Waals surface area contributed by atoms with Crippen molar-refractivity contribution in [3.63, 3.8) is 0 Å². The highest BCUT2D eigenvalue weighted by Gasteiger charge is 2.37. The Morgan fingerprint density at radius 3 is 2.37 bits per heavy atom. The molecule has 1 unspecified atom stereocenters. The molecule has 3 amide bonds. The molecule has 3 heterocycles. The molecule has 2 saturated heterocycles. The molecular formula is C33H34N6O4. The van der Waals surface area contributed by atoms with Crippen LogP contribution in [0.2, 0.25) is 0 Å². The summed E-state index contributed by atoms with van der Waals surface area (Å²) in [6, 6.07) is 22.7. The van der Waals surface area contributed by atoms with Crippen LogP contribution in [0, 0.1) is 6.92 Å². The number of nitrogens with zero attached hydrogens (tertiary/aromatic N) is 5. The van der Waals surface area contributed by atoms with Crippen LogP contribution in [0.3, 0.4) is 0 Å². The summed E-state index contributed by atoms with van der Waals surface area (Å²) in [6.07, 6.45) is 1.70. The van der Waals surface area contributed by atoms with E-state index in [1.165, 1.54) is 4.57 Å². The molecule has 43 heavy (non-hydrogen) atoms. The van der Waals surface area contributed by atoms with E-state index in [9.17, 15) is 14.4 Å². The summed E-state index contributed by atoms with van der Waals surface area (Å²) in [5, 5.41) is 3.13. The van der Waals surface area contributed by atoms with Gasteiger partial charge in [-0.05, 0) is 48.4 Å². The van der Waals surface area contributed by atoms with E-state index in [2.05, 4.69) is 5.32 Å². The third-order valence-electron chi connectivity index (χ3n) is 8.18. The third kappa shape index (κ3) is 5.49. The molecule has 2 fully saturated rings. The third-order valence-corrected chi connectivity index (χ3v) is 8.18. The molecule has 2 aliphatic rings. The largest absolute Gasteiger partial charge is 0.378 e. The van der Waals surface area contributed by atoms with E-state index < -0.39 is 0 Å². The standard InChI is InChI=1S/C33H34N6O4/c1-22-26(10-7-11-28(22)39-21-29(37(3)33(39)42)23-8-5-4-6-9-23)27-20-36(2)32(41)30(35-27)34-25-14-12-24(13-15-25)31(40)38-16-18-43-19-17-38/h4-15,20,29H,16-19,21H2,1-3H3,(H,34,35). The average Bonchev–Trinajstić information content (AvgIpc) is 3.33. The summed E-state index contributed by atoms with van der Waals surface area (Å²) in [6.45, 7) is 4.72. The minimum Gasteiger partial charge on any atom is -0.378 e. The van der Waals surface area contributed by atoms with Crippen LogP contribution < -0.4 is 15.8 Å². The van der Waals surface area contributed by atoms with E-state index in [0.717, 1.165) is 22.4 Å². The van der Waals surface area contributed by atoms with Crippen LogP contribution in [0.15, 0.2) is 83.8 Å². The van der Waals surface area contributed by atoms with Crippen molar-refractivity contribution >= 4 is 29.1 Å². The van der Waals surface area contributed by atoms with E-state index in [0.29, 0.717) is 49.8 Å². The number of morpholine rings is 1. The normalized spacial score (nSPS) is 17.0. The molecule has 4 aromatic rings. The molecule has 220 valence electrons. The van der Waals surface area contributed by atoms with E-state index in [1.54, 1.807) is 52.2 Å². The summed E-state index contributed by atoms with van der Waals surface area (Å²) in [5.74, 6) is 0.122. The van der Waals surface area contributed by atoms with Gasteiger partial charge < -0.3 is 24.4 Å². The van der Waals surface area contributed by atoms with Crippen LogP contribution in [0.4, 0.5) is 22.0 Å². The first-order chi connectivity index (χ1) is 20.8. The minimum absolute atomic E-state index is 0.0426. The zero-order valence-corrected chi connectivity index (χ0v) is 24.5. The molecule has 6 rings (SSSR count). The van der Waals surface area contributed by atoms with Gasteiger partial charge in [0.1, 0.15) is 0 Å². The lowest BCUT2D eigenvalue weighted by Crippen LogP contribution is -2.40. The van der Waals surface area contributed by atoms with E-state index in [4.69, 9.17) is 9.72 Å². The quantitative estimate of drug-likeness (QED) is 0.360. The number of urea groups is 1. The fourth-order valence-electron chi connectivity index (χ4n) is 5.70. The van der Waals surface area contributed by atoms with Crippen LogP contribution in [-0.4, -0.2) is 71.2 Å². The Hall–Kier alpha value is -4.96. The van der Waals surface area contributed by atoms with Gasteiger partial charge in [-0.15, -0.1) is 0 Å². The van der Waals surface area contributed by atoms with Crippen molar-refractivity contribution in [3.8, 4) is 11.3 Å². The monoisotopic (exact) mass is 578 g/mol. The molecule has 0 saturated carbocycles. The van der Waals surface area contributed by atoms with Gasteiger partial charge in [0, 0.05) is 55.9 Å². The Morgan fingerprint density at radius 1 is 0.930 bits per heavy atom. The predicted octanol–water partition coefficient (Wildman–Crippen LogP) is 4.58. The van der Waals surface area contributed by atoms with Crippen LogP contribution in [-0.2, 0) is 11.8 Å². The second-order valence-electron chi connectivity index (χ2n) is 10.9. The number of hydrogen-bond donors (Lipinski definition) is 1. The van der Waals surface area contributed by atoms with Crippen molar-refractivity contribution in [1.82, 2.24) is 19.4 Å². The van der Waals surface area contributed by atoms with Gasteiger partial charge in [-0.2, -0.15) is 0 Å². The topological polar surface area (TPSA) is 100 Å². The smallest absolute Gasteiger partial charge is 0.324 e. The molecule has 10 nitrogen and oxygen atoms in total. The number of aryl methyl sites for hydroxylation is 1. The van der Waals surface area contributed by atoms with Crippen molar-refractivity contribution in [2.45, 2.75) is 13.0 Å². The Morgan fingerprint density at radius 2 is 1.65 bits per heavy atom. The number of rotatable bonds is 6. The SMILES string of the molecule is Cc1c(-c2cn(C)c(=O)c(Nc3ccc(C(=O)N4CCOCC4)cc3)n2)cccc1N1CC(c2ccccc2)N(C)C1=O. The van der Waals surface area contributed by atoms with E-state index >= 15 is 0 Å². The summed E-state index contributed by atoms with van der Waals surface area (Å²) < 4.78 is 6.83. The maximum absolute atomic E-state index is 13.4. The van der Waals surface area contributed by atoms with E-state index in [1.807, 2.05) is 62.5 Å². The lowest BCUT2D eigenvalue weighted by molar-refractivity contribution is 0.0303. The van der Waals surface area contributed by atoms with Gasteiger partial charge in [-0.3, -0.25) is 14.5 Å². The van der Waals surface area contributed by atoms with Gasteiger partial charge in [0.25, 0.3) is 11.5 Å². The predicted molar refractivity (Wildman–Crippen MR) is 166 cm³/mol. The second kappa shape index (κ2) is 11.7. The van der Waals surface area contributed by atoms with Crippen LogP contribution in [0.25, 0.3) is 11.3 Å². The van der Waals surface area contributed by atoms with Crippen molar-refractivity contribution in [2.24, 2.45) is 7.05 Å². The van der Waals surface area contributed by atoms with Crippen molar-refractivity contribution in [1.29, 1.82) is 0 Å². The highest BCUT2D eigenvalue weighted by Crippen LogP contribution is 2.36. The van der Waals surface area contributed by atoms with Gasteiger partial charge in [0.15, 0.2) is 5.82 Å². The molecule has 0 spiro atoms. The molecule has 0 radical (unpaired) electrons. The number of anilines is 3. The van der Waals surface area contributed by atoms with Crippen LogP contribution in [0.5, 0.6) is 0 Å². The number of nitrogens with one attached hydrogen (secondary N) is 1. The Kier molecular flexibility index (Phi) is 7.69. The molecule has 0 bridgehead atoms. The molecule has 10 heteroatoms. The number of hydrogen-bond acceptors (Lipinski definition) is 6. The number of carbonyl (C=O) groups is 2. The molecule has 1 N–H and O–H groups in total. The summed E-state index contributed by atoms with van der Waals surface area (Å²) in [7, 11) is 3.52. The van der Waals surface area contributed by atoms with Crippen LogP contribution >= 0.6 is 0 Å². The van der Waals surface area contributed by atoms with Gasteiger partial charge in [0.2, 0.25) is 0 Å². The zero-order chi connectivity index (χ0) is 30.1. The number of aromatic nitrogens is 2. The molecule has 0 aliphatic carbocycles. The lowest BCUT2D eigenvalue weighted by Gasteiger charge is -2.26. The van der Waals surface area contributed by atoms with Crippen molar-refractivity contribution in [3.05, 3.63) is 106 Å². The lowest BCUT2D eigenvalue weighted by atomic mass is 10.0. The summed E-state index contributed by atoms with van der Waals surface area (Å²) >= 11 is 0. The highest BCUT2D eigenvalue weighted by molar-refractivity contribution is 5.96. The Labute approximate surface area is 250 Å². The number of ether oxygens (including phenoxy) is 1. The van der Waals surface area contributed by atoms with E-state index in [-0.39, 0.29) is 29.4 Å². The number of likely N-dealkylation sites (N-methyl/N-ethyl adjacent to an activating group) is 1. The van der Waals surface area contributed by atoms with Gasteiger partial charge in [-0.1, -0.05) is 42.5 Å². The zero-order valence-electron chi connectivity index (χ0n) is 24.5. The molecule has 1 atom stereocenters. The Bertz CT molecular complexity index is 1710. The Balaban J connectivity index is 1.26. The number of carbonyl (C=O) groups excluding carboxylic acids is 2.